The maximum absolute atomic E-state index is 12.6. The van der Waals surface area contributed by atoms with Gasteiger partial charge in [0.25, 0.3) is 0 Å². The molecule has 0 spiro atoms. The molecular weight excluding hydrogens is 282 g/mol. The van der Waals surface area contributed by atoms with Gasteiger partial charge in [0.05, 0.1) is 11.6 Å². The number of ether oxygens (including phenoxy) is 1. The fraction of sp³-hybridized carbons (Fsp3) is 0.938. The van der Waals surface area contributed by atoms with E-state index in [1.165, 1.54) is 0 Å². The van der Waals surface area contributed by atoms with Crippen LogP contribution in [0.15, 0.2) is 0 Å². The normalized spacial score (nSPS) is 30.6. The minimum Gasteiger partial charge on any atom is -0.388 e. The zero-order valence-corrected chi connectivity index (χ0v) is 13.7. The number of hydrogen-bond donors (Lipinski definition) is 1. The first kappa shape index (κ1) is 16.2. The highest BCUT2D eigenvalue weighted by atomic mass is 16.5. The summed E-state index contributed by atoms with van der Waals surface area (Å²) in [5, 5.41) is 10.6. The smallest absolute Gasteiger partial charge is 0.240 e. The van der Waals surface area contributed by atoms with E-state index in [0.29, 0.717) is 25.7 Å². The van der Waals surface area contributed by atoms with E-state index in [4.69, 9.17) is 4.74 Å². The van der Waals surface area contributed by atoms with E-state index in [-0.39, 0.29) is 6.04 Å². The van der Waals surface area contributed by atoms with Crippen molar-refractivity contribution in [1.29, 1.82) is 0 Å². The van der Waals surface area contributed by atoms with Crippen LogP contribution in [0.3, 0.4) is 0 Å². The second-order valence-corrected chi connectivity index (χ2v) is 7.08. The van der Waals surface area contributed by atoms with Crippen LogP contribution in [-0.2, 0) is 9.53 Å². The average Bonchev–Trinajstić information content (AvgIpc) is 2.94. The van der Waals surface area contributed by atoms with Crippen LogP contribution in [0, 0.1) is 0 Å². The Morgan fingerprint density at radius 1 is 1.18 bits per heavy atom. The van der Waals surface area contributed by atoms with Crippen LogP contribution >= 0.6 is 0 Å². The largest absolute Gasteiger partial charge is 0.388 e. The minimum atomic E-state index is -0.601. The Labute approximate surface area is 133 Å². The number of amides is 1. The first-order valence-corrected chi connectivity index (χ1v) is 8.59. The number of piperazine rings is 1. The Morgan fingerprint density at radius 3 is 2.45 bits per heavy atom. The van der Waals surface area contributed by atoms with Crippen molar-refractivity contribution in [2.24, 2.45) is 0 Å². The lowest BCUT2D eigenvalue weighted by atomic mass is 9.93. The maximum atomic E-state index is 12.6. The van der Waals surface area contributed by atoms with Gasteiger partial charge >= 0.3 is 0 Å². The van der Waals surface area contributed by atoms with Crippen molar-refractivity contribution in [2.45, 2.75) is 37.3 Å². The number of rotatable bonds is 3. The molecule has 0 saturated carbocycles. The first-order chi connectivity index (χ1) is 10.6. The summed E-state index contributed by atoms with van der Waals surface area (Å²) in [6.45, 7) is 6.36. The molecule has 3 fully saturated rings. The molecule has 22 heavy (non-hydrogen) atoms. The molecule has 0 aromatic heterocycles. The fourth-order valence-electron chi connectivity index (χ4n) is 3.89. The molecule has 3 aliphatic rings. The van der Waals surface area contributed by atoms with Crippen molar-refractivity contribution in [1.82, 2.24) is 14.7 Å². The van der Waals surface area contributed by atoms with E-state index in [1.807, 2.05) is 11.9 Å². The number of carbonyl (C=O) groups excluding carboxylic acids is 1. The van der Waals surface area contributed by atoms with Gasteiger partial charge in [-0.15, -0.1) is 0 Å². The Kier molecular flexibility index (Phi) is 5.02. The Balaban J connectivity index is 1.47. The molecule has 126 valence electrons. The van der Waals surface area contributed by atoms with Crippen molar-refractivity contribution in [2.75, 3.05) is 59.5 Å². The predicted octanol–water partition coefficient (Wildman–Crippen LogP) is -0.234. The van der Waals surface area contributed by atoms with Crippen LogP contribution in [0.25, 0.3) is 0 Å². The lowest BCUT2D eigenvalue weighted by Crippen LogP contribution is -2.56. The number of likely N-dealkylation sites (N-methyl/N-ethyl adjacent to an activating group) is 1. The van der Waals surface area contributed by atoms with Crippen LogP contribution in [0.5, 0.6) is 0 Å². The molecule has 1 amide bonds. The summed E-state index contributed by atoms with van der Waals surface area (Å²) in [6, 6.07) is 0.0891. The Morgan fingerprint density at radius 2 is 1.86 bits per heavy atom. The second kappa shape index (κ2) is 6.83. The van der Waals surface area contributed by atoms with Crippen LogP contribution in [0.4, 0.5) is 0 Å². The monoisotopic (exact) mass is 311 g/mol. The fourth-order valence-corrected chi connectivity index (χ4v) is 3.89. The highest BCUT2D eigenvalue weighted by Crippen LogP contribution is 2.23. The molecule has 1 N–H and O–H groups in total. The van der Waals surface area contributed by atoms with Crippen LogP contribution in [0.1, 0.15) is 25.7 Å². The van der Waals surface area contributed by atoms with Gasteiger partial charge in [0.15, 0.2) is 0 Å². The average molecular weight is 311 g/mol. The van der Waals surface area contributed by atoms with Crippen LogP contribution in [0.2, 0.25) is 0 Å². The molecule has 3 heterocycles. The molecule has 3 rings (SSSR count). The van der Waals surface area contributed by atoms with Crippen molar-refractivity contribution in [3.8, 4) is 0 Å². The van der Waals surface area contributed by atoms with Gasteiger partial charge in [0.1, 0.15) is 0 Å². The van der Waals surface area contributed by atoms with Crippen molar-refractivity contribution >= 4 is 5.91 Å². The number of β-amino-alcohol motifs (C(OH)–C–C–N with tert-alkyl or cyclic N) is 1. The van der Waals surface area contributed by atoms with Gasteiger partial charge in [-0.1, -0.05) is 0 Å². The number of aliphatic hydroxyl groups is 1. The van der Waals surface area contributed by atoms with Gasteiger partial charge in [-0.3, -0.25) is 14.6 Å². The highest BCUT2D eigenvalue weighted by Gasteiger charge is 2.35. The van der Waals surface area contributed by atoms with Gasteiger partial charge in [-0.25, -0.2) is 0 Å². The highest BCUT2D eigenvalue weighted by molar-refractivity contribution is 5.82. The molecule has 0 aromatic rings. The summed E-state index contributed by atoms with van der Waals surface area (Å²) in [5.74, 6) is 0.296. The third kappa shape index (κ3) is 3.62. The van der Waals surface area contributed by atoms with Gasteiger partial charge in [0, 0.05) is 58.8 Å². The van der Waals surface area contributed by atoms with Gasteiger partial charge in [0.2, 0.25) is 5.91 Å². The zero-order valence-electron chi connectivity index (χ0n) is 13.7. The Bertz CT molecular complexity index is 390. The van der Waals surface area contributed by atoms with E-state index >= 15 is 0 Å². The summed E-state index contributed by atoms with van der Waals surface area (Å²) < 4.78 is 5.33. The van der Waals surface area contributed by atoms with E-state index in [2.05, 4.69) is 9.80 Å². The third-order valence-corrected chi connectivity index (χ3v) is 5.43. The number of hydrogen-bond acceptors (Lipinski definition) is 5. The van der Waals surface area contributed by atoms with Crippen molar-refractivity contribution in [3.05, 3.63) is 0 Å². The molecule has 1 atom stereocenters. The molecule has 1 unspecified atom stereocenters. The molecule has 0 bridgehead atoms. The SMILES string of the molecule is CN1CCCC1C(=O)N1CCN(CC2(O)CCOCC2)CC1. The zero-order chi connectivity index (χ0) is 15.6. The molecule has 0 aliphatic carbocycles. The molecule has 6 nitrogen and oxygen atoms in total. The molecule has 0 radical (unpaired) electrons. The summed E-state index contributed by atoms with van der Waals surface area (Å²) >= 11 is 0. The molecule has 3 saturated heterocycles. The lowest BCUT2D eigenvalue weighted by molar-refractivity contribution is -0.138. The quantitative estimate of drug-likeness (QED) is 0.780. The van der Waals surface area contributed by atoms with E-state index < -0.39 is 5.60 Å². The standard InChI is InChI=1S/C16H29N3O3/c1-17-6-2-3-14(17)15(20)19-9-7-18(8-10-19)13-16(21)4-11-22-12-5-16/h14,21H,2-13H2,1H3. The predicted molar refractivity (Wildman–Crippen MR) is 83.7 cm³/mol. The van der Waals surface area contributed by atoms with Gasteiger partial charge in [-0.05, 0) is 26.4 Å². The summed E-state index contributed by atoms with van der Waals surface area (Å²) in [5.41, 5.74) is -0.601. The van der Waals surface area contributed by atoms with Gasteiger partial charge < -0.3 is 14.7 Å². The summed E-state index contributed by atoms with van der Waals surface area (Å²) in [6.07, 6.45) is 3.56. The maximum Gasteiger partial charge on any atom is 0.240 e. The molecule has 3 aliphatic heterocycles. The van der Waals surface area contributed by atoms with Gasteiger partial charge in [-0.2, -0.15) is 0 Å². The van der Waals surface area contributed by atoms with Crippen molar-refractivity contribution in [3.63, 3.8) is 0 Å². The van der Waals surface area contributed by atoms with Crippen LogP contribution < -0.4 is 0 Å². The number of nitrogens with zero attached hydrogens (tertiary/aromatic N) is 3. The van der Waals surface area contributed by atoms with E-state index in [0.717, 1.165) is 58.4 Å². The van der Waals surface area contributed by atoms with Crippen LogP contribution in [-0.4, -0.2) is 96.9 Å². The molecular formula is C16H29N3O3. The topological polar surface area (TPSA) is 56.3 Å². The minimum absolute atomic E-state index is 0.0891. The third-order valence-electron chi connectivity index (χ3n) is 5.43. The van der Waals surface area contributed by atoms with E-state index in [9.17, 15) is 9.90 Å². The second-order valence-electron chi connectivity index (χ2n) is 7.08. The molecule has 6 heteroatoms. The summed E-state index contributed by atoms with van der Waals surface area (Å²) in [7, 11) is 2.05. The molecule has 0 aromatic carbocycles. The first-order valence-electron chi connectivity index (χ1n) is 8.59. The summed E-state index contributed by atoms with van der Waals surface area (Å²) in [4.78, 5) is 19.1. The van der Waals surface area contributed by atoms with E-state index in [1.54, 1.807) is 0 Å². The Hall–Kier alpha value is -0.690. The number of carbonyl (C=O) groups is 1. The number of likely N-dealkylation sites (tertiary alicyclic amines) is 1. The lowest BCUT2D eigenvalue weighted by Gasteiger charge is -2.41. The van der Waals surface area contributed by atoms with Crippen molar-refractivity contribution < 1.29 is 14.6 Å².